The molecule has 6 heteroatoms. The molecule has 0 aliphatic rings. The second-order valence-corrected chi connectivity index (χ2v) is 4.39. The van der Waals surface area contributed by atoms with Crippen LogP contribution in [0.5, 0.6) is 5.75 Å². The Bertz CT molecular complexity index is 668. The normalized spacial score (nSPS) is 10.1. The zero-order valence-corrected chi connectivity index (χ0v) is 11.1. The SMILES string of the molecule is Nc1ccccc1N(CC(=O)O)C(=O)c1ccc(O)cc1. The van der Waals surface area contributed by atoms with Crippen LogP contribution in [0.4, 0.5) is 11.4 Å². The molecule has 6 nitrogen and oxygen atoms in total. The van der Waals surface area contributed by atoms with Crippen LogP contribution in [0.2, 0.25) is 0 Å². The minimum absolute atomic E-state index is 0.0237. The van der Waals surface area contributed by atoms with Crippen molar-refractivity contribution in [2.45, 2.75) is 0 Å². The summed E-state index contributed by atoms with van der Waals surface area (Å²) in [5.41, 5.74) is 6.71. The van der Waals surface area contributed by atoms with Crippen LogP contribution in [0.15, 0.2) is 48.5 Å². The number of benzene rings is 2. The van der Waals surface area contributed by atoms with Gasteiger partial charge in [0.2, 0.25) is 0 Å². The van der Waals surface area contributed by atoms with E-state index in [1.54, 1.807) is 24.3 Å². The van der Waals surface area contributed by atoms with Crippen LogP contribution in [0, 0.1) is 0 Å². The molecular weight excluding hydrogens is 272 g/mol. The number of carbonyl (C=O) groups is 2. The molecule has 4 N–H and O–H groups in total. The van der Waals surface area contributed by atoms with Gasteiger partial charge in [-0.3, -0.25) is 14.5 Å². The largest absolute Gasteiger partial charge is 0.508 e. The predicted octanol–water partition coefficient (Wildman–Crippen LogP) is 1.71. The maximum Gasteiger partial charge on any atom is 0.323 e. The van der Waals surface area contributed by atoms with Crippen LogP contribution >= 0.6 is 0 Å². The topological polar surface area (TPSA) is 104 Å². The van der Waals surface area contributed by atoms with E-state index in [2.05, 4.69) is 0 Å². The fourth-order valence-corrected chi connectivity index (χ4v) is 1.89. The highest BCUT2D eigenvalue weighted by molar-refractivity contribution is 6.09. The van der Waals surface area contributed by atoms with Crippen LogP contribution in [-0.4, -0.2) is 28.6 Å². The van der Waals surface area contributed by atoms with Crippen molar-refractivity contribution in [2.75, 3.05) is 17.2 Å². The minimum Gasteiger partial charge on any atom is -0.508 e. The number of phenolic OH excluding ortho intramolecular Hbond substituents is 1. The Labute approximate surface area is 121 Å². The molecule has 0 aliphatic carbocycles. The number of anilines is 2. The predicted molar refractivity (Wildman–Crippen MR) is 78.3 cm³/mol. The molecule has 0 saturated carbocycles. The van der Waals surface area contributed by atoms with Gasteiger partial charge in [-0.2, -0.15) is 0 Å². The number of amides is 1. The van der Waals surface area contributed by atoms with Crippen LogP contribution in [0.25, 0.3) is 0 Å². The fraction of sp³-hybridized carbons (Fsp3) is 0.0667. The third-order valence-corrected chi connectivity index (χ3v) is 2.88. The number of rotatable bonds is 4. The molecule has 1 amide bonds. The second-order valence-electron chi connectivity index (χ2n) is 4.39. The zero-order chi connectivity index (χ0) is 15.4. The van der Waals surface area contributed by atoms with Crippen molar-refractivity contribution in [3.8, 4) is 5.75 Å². The third kappa shape index (κ3) is 3.30. The lowest BCUT2D eigenvalue weighted by Crippen LogP contribution is -2.36. The first-order valence-corrected chi connectivity index (χ1v) is 6.16. The average molecular weight is 286 g/mol. The van der Waals surface area contributed by atoms with Gasteiger partial charge >= 0.3 is 5.97 Å². The first kappa shape index (κ1) is 14.4. The molecule has 0 unspecified atom stereocenters. The minimum atomic E-state index is -1.15. The van der Waals surface area contributed by atoms with Gasteiger partial charge in [0.1, 0.15) is 12.3 Å². The van der Waals surface area contributed by atoms with Crippen LogP contribution in [-0.2, 0) is 4.79 Å². The van der Waals surface area contributed by atoms with Gasteiger partial charge in [0.15, 0.2) is 0 Å². The Hall–Kier alpha value is -3.02. The van der Waals surface area contributed by atoms with Gasteiger partial charge in [0, 0.05) is 5.56 Å². The summed E-state index contributed by atoms with van der Waals surface area (Å²) in [5, 5.41) is 18.2. The van der Waals surface area contributed by atoms with Gasteiger partial charge in [-0.15, -0.1) is 0 Å². The Kier molecular flexibility index (Phi) is 4.08. The van der Waals surface area contributed by atoms with E-state index in [-0.39, 0.29) is 11.3 Å². The van der Waals surface area contributed by atoms with E-state index in [1.165, 1.54) is 24.3 Å². The lowest BCUT2D eigenvalue weighted by Gasteiger charge is -2.22. The van der Waals surface area contributed by atoms with Gasteiger partial charge in [0.05, 0.1) is 11.4 Å². The first-order chi connectivity index (χ1) is 9.99. The number of carbonyl (C=O) groups excluding carboxylic acids is 1. The number of hydrogen-bond donors (Lipinski definition) is 3. The summed E-state index contributed by atoms with van der Waals surface area (Å²) >= 11 is 0. The third-order valence-electron chi connectivity index (χ3n) is 2.88. The number of nitrogens with zero attached hydrogens (tertiary/aromatic N) is 1. The summed E-state index contributed by atoms with van der Waals surface area (Å²) in [6, 6.07) is 12.1. The van der Waals surface area contributed by atoms with E-state index in [0.29, 0.717) is 11.4 Å². The summed E-state index contributed by atoms with van der Waals surface area (Å²) in [4.78, 5) is 24.6. The van der Waals surface area contributed by atoms with E-state index < -0.39 is 18.4 Å². The lowest BCUT2D eigenvalue weighted by atomic mass is 10.1. The summed E-state index contributed by atoms with van der Waals surface area (Å²) in [6.45, 7) is -0.506. The highest BCUT2D eigenvalue weighted by atomic mass is 16.4. The Balaban J connectivity index is 2.41. The summed E-state index contributed by atoms with van der Waals surface area (Å²) in [6.07, 6.45) is 0. The number of carboxylic acids is 1. The first-order valence-electron chi connectivity index (χ1n) is 6.16. The number of hydrogen-bond acceptors (Lipinski definition) is 4. The maximum atomic E-state index is 12.5. The molecule has 0 heterocycles. The van der Waals surface area contributed by atoms with E-state index in [9.17, 15) is 14.7 Å². The number of nitrogens with two attached hydrogens (primary N) is 1. The van der Waals surface area contributed by atoms with Gasteiger partial charge in [-0.05, 0) is 36.4 Å². The highest BCUT2D eigenvalue weighted by Crippen LogP contribution is 2.24. The molecule has 0 aromatic heterocycles. The molecular formula is C15H14N2O4. The molecule has 0 bridgehead atoms. The van der Waals surface area contributed by atoms with Gasteiger partial charge < -0.3 is 15.9 Å². The Morgan fingerprint density at radius 2 is 1.67 bits per heavy atom. The highest BCUT2D eigenvalue weighted by Gasteiger charge is 2.22. The molecule has 0 spiro atoms. The second kappa shape index (κ2) is 5.96. The lowest BCUT2D eigenvalue weighted by molar-refractivity contribution is -0.135. The molecule has 0 saturated heterocycles. The van der Waals surface area contributed by atoms with E-state index in [4.69, 9.17) is 10.8 Å². The van der Waals surface area contributed by atoms with Crippen molar-refractivity contribution in [3.63, 3.8) is 0 Å². The molecule has 108 valence electrons. The molecule has 0 radical (unpaired) electrons. The van der Waals surface area contributed by atoms with Crippen molar-refractivity contribution in [1.82, 2.24) is 0 Å². The van der Waals surface area contributed by atoms with Crippen molar-refractivity contribution >= 4 is 23.3 Å². The number of nitrogen functional groups attached to an aromatic ring is 1. The smallest absolute Gasteiger partial charge is 0.323 e. The van der Waals surface area contributed by atoms with E-state index in [1.807, 2.05) is 0 Å². The monoisotopic (exact) mass is 286 g/mol. The van der Waals surface area contributed by atoms with Crippen LogP contribution < -0.4 is 10.6 Å². The quantitative estimate of drug-likeness (QED) is 0.742. The summed E-state index contributed by atoms with van der Waals surface area (Å²) in [5.74, 6) is -1.63. The van der Waals surface area contributed by atoms with E-state index >= 15 is 0 Å². The fourth-order valence-electron chi connectivity index (χ4n) is 1.89. The van der Waals surface area contributed by atoms with Crippen molar-refractivity contribution < 1.29 is 19.8 Å². The molecule has 0 aliphatic heterocycles. The van der Waals surface area contributed by atoms with E-state index in [0.717, 1.165) is 4.90 Å². The average Bonchev–Trinajstić information content (AvgIpc) is 2.45. The molecule has 0 fully saturated rings. The molecule has 21 heavy (non-hydrogen) atoms. The van der Waals surface area contributed by atoms with Crippen LogP contribution in [0.1, 0.15) is 10.4 Å². The summed E-state index contributed by atoms with van der Waals surface area (Å²) in [7, 11) is 0. The van der Waals surface area contributed by atoms with Crippen LogP contribution in [0.3, 0.4) is 0 Å². The standard InChI is InChI=1S/C15H14N2O4/c16-12-3-1-2-4-13(12)17(9-14(19)20)15(21)10-5-7-11(18)8-6-10/h1-8,18H,9,16H2,(H,19,20). The van der Waals surface area contributed by atoms with Crippen molar-refractivity contribution in [2.24, 2.45) is 0 Å². The van der Waals surface area contributed by atoms with Gasteiger partial charge in [-0.25, -0.2) is 0 Å². The molecule has 2 aromatic carbocycles. The zero-order valence-electron chi connectivity index (χ0n) is 11.1. The van der Waals surface area contributed by atoms with Crippen molar-refractivity contribution in [3.05, 3.63) is 54.1 Å². The Morgan fingerprint density at radius 3 is 2.24 bits per heavy atom. The van der Waals surface area contributed by atoms with Crippen molar-refractivity contribution in [1.29, 1.82) is 0 Å². The van der Waals surface area contributed by atoms with Gasteiger partial charge in [0.25, 0.3) is 5.91 Å². The number of aliphatic carboxylic acids is 1. The number of carboxylic acid groups (broad SMARTS) is 1. The number of phenols is 1. The van der Waals surface area contributed by atoms with Gasteiger partial charge in [-0.1, -0.05) is 12.1 Å². The number of para-hydroxylation sites is 2. The molecule has 2 rings (SSSR count). The summed E-state index contributed by atoms with van der Waals surface area (Å²) < 4.78 is 0. The number of aromatic hydroxyl groups is 1. The maximum absolute atomic E-state index is 12.5. The Morgan fingerprint density at radius 1 is 1.05 bits per heavy atom. The molecule has 2 aromatic rings. The molecule has 0 atom stereocenters.